The van der Waals surface area contributed by atoms with Gasteiger partial charge < -0.3 is 0 Å². The van der Waals surface area contributed by atoms with Crippen LogP contribution in [0.25, 0.3) is 0 Å². The number of benzene rings is 2. The molecule has 0 amide bonds. The quantitative estimate of drug-likeness (QED) is 0.574. The van der Waals surface area contributed by atoms with Crippen molar-refractivity contribution >= 4 is 25.6 Å². The van der Waals surface area contributed by atoms with Crippen molar-refractivity contribution in [1.29, 1.82) is 0 Å². The molecule has 0 heterocycles. The van der Waals surface area contributed by atoms with Gasteiger partial charge in [0.2, 0.25) is 0 Å². The van der Waals surface area contributed by atoms with Crippen LogP contribution in [0.1, 0.15) is 5.56 Å². The summed E-state index contributed by atoms with van der Waals surface area (Å²) in [5.74, 6) is 0. The zero-order valence-electron chi connectivity index (χ0n) is 10.8. The van der Waals surface area contributed by atoms with Crippen molar-refractivity contribution in [3.63, 3.8) is 0 Å². The van der Waals surface area contributed by atoms with Crippen molar-refractivity contribution in [3.05, 3.63) is 77.3 Å². The minimum absolute atomic E-state index is 0.289. The van der Waals surface area contributed by atoms with Gasteiger partial charge in [-0.25, -0.2) is 0 Å². The second-order valence-corrected chi connectivity index (χ2v) is 6.67. The van der Waals surface area contributed by atoms with Gasteiger partial charge in [-0.05, 0) is 0 Å². The molecule has 0 N–H and O–H groups in total. The summed E-state index contributed by atoms with van der Waals surface area (Å²) in [4.78, 5) is 4.45. The van der Waals surface area contributed by atoms with E-state index in [0.717, 1.165) is 17.4 Å². The van der Waals surface area contributed by atoms with Crippen LogP contribution in [0.15, 0.2) is 76.7 Å². The molecule has 0 saturated carbocycles. The summed E-state index contributed by atoms with van der Waals surface area (Å²) in [6, 6.07) is 20.9. The number of hydrogen-bond acceptors (Lipinski definition) is 1. The molecule has 0 aliphatic carbocycles. The summed E-state index contributed by atoms with van der Waals surface area (Å²) in [6.45, 7) is 4.90. The van der Waals surface area contributed by atoms with E-state index in [4.69, 9.17) is 0 Å². The molecular weight excluding hydrogens is 297 g/mol. The van der Waals surface area contributed by atoms with Crippen LogP contribution in [0.4, 0.5) is 0 Å². The van der Waals surface area contributed by atoms with Gasteiger partial charge in [-0.2, -0.15) is 0 Å². The molecule has 0 fully saturated rings. The number of rotatable bonds is 6. The van der Waals surface area contributed by atoms with Gasteiger partial charge >= 0.3 is 121 Å². The Kier molecular flexibility index (Phi) is 5.61. The van der Waals surface area contributed by atoms with Gasteiger partial charge in [-0.15, -0.1) is 0 Å². The zero-order chi connectivity index (χ0) is 13.3. The van der Waals surface area contributed by atoms with E-state index < -0.39 is 0 Å². The Bertz CT molecular complexity index is 532. The molecule has 1 nitrogen and oxygen atoms in total. The Morgan fingerprint density at radius 2 is 1.63 bits per heavy atom. The molecule has 2 rings (SSSR count). The topological polar surface area (TPSA) is 12.4 Å². The fourth-order valence-electron chi connectivity index (χ4n) is 1.67. The molecule has 2 aromatic rings. The fraction of sp³-hybridized carbons (Fsp3) is 0.118. The van der Waals surface area contributed by atoms with Crippen LogP contribution in [0.5, 0.6) is 0 Å². The summed E-state index contributed by atoms with van der Waals surface area (Å²) < 4.78 is 2.46. The number of aliphatic imine (C=N–C) groups is 1. The van der Waals surface area contributed by atoms with Crippen molar-refractivity contribution in [2.24, 2.45) is 4.99 Å². The number of hydrogen-bond donors (Lipinski definition) is 0. The first-order valence-electron chi connectivity index (χ1n) is 6.30. The Morgan fingerprint density at radius 3 is 2.32 bits per heavy atom. The van der Waals surface area contributed by atoms with E-state index in [-0.39, 0.29) is 15.0 Å². The summed E-state index contributed by atoms with van der Waals surface area (Å²) in [5.41, 5.74) is 1.33. The molecule has 0 aromatic heterocycles. The molecule has 0 aliphatic heterocycles. The van der Waals surface area contributed by atoms with Crippen LogP contribution in [-0.2, 0) is 6.42 Å². The number of nitrogens with zero attached hydrogens (tertiary/aromatic N) is 1. The third kappa shape index (κ3) is 5.25. The monoisotopic (exact) mass is 315 g/mol. The SMILES string of the molecule is C=C(C=NCCc1ccccc1)[Se]c1ccccc1. The molecule has 0 atom stereocenters. The van der Waals surface area contributed by atoms with Gasteiger partial charge in [0.05, 0.1) is 0 Å². The van der Waals surface area contributed by atoms with Crippen molar-refractivity contribution in [2.45, 2.75) is 6.42 Å². The van der Waals surface area contributed by atoms with Crippen LogP contribution in [0.2, 0.25) is 0 Å². The molecule has 96 valence electrons. The van der Waals surface area contributed by atoms with E-state index in [9.17, 15) is 0 Å². The van der Waals surface area contributed by atoms with E-state index in [0.29, 0.717) is 0 Å². The van der Waals surface area contributed by atoms with Gasteiger partial charge in [0, 0.05) is 0 Å². The Morgan fingerprint density at radius 1 is 1.00 bits per heavy atom. The predicted octanol–water partition coefficient (Wildman–Crippen LogP) is 2.84. The molecule has 2 aromatic carbocycles. The second kappa shape index (κ2) is 7.73. The average Bonchev–Trinajstić information content (AvgIpc) is 2.46. The summed E-state index contributed by atoms with van der Waals surface area (Å²) in [5, 5.41) is 0. The van der Waals surface area contributed by atoms with E-state index in [1.807, 2.05) is 18.3 Å². The molecule has 0 saturated heterocycles. The zero-order valence-corrected chi connectivity index (χ0v) is 12.5. The normalized spacial score (nSPS) is 10.7. The minimum atomic E-state index is 0.289. The van der Waals surface area contributed by atoms with Gasteiger partial charge in [0.15, 0.2) is 0 Å². The third-order valence-corrected chi connectivity index (χ3v) is 4.44. The molecule has 2 heteroatoms. The Hall–Kier alpha value is -1.63. The summed E-state index contributed by atoms with van der Waals surface area (Å²) >= 11 is 0.289. The van der Waals surface area contributed by atoms with Crippen molar-refractivity contribution < 1.29 is 0 Å². The molecule has 0 unspecified atom stereocenters. The molecule has 19 heavy (non-hydrogen) atoms. The van der Waals surface area contributed by atoms with Crippen LogP contribution < -0.4 is 4.46 Å². The molecule has 0 spiro atoms. The van der Waals surface area contributed by atoms with E-state index in [2.05, 4.69) is 60.1 Å². The average molecular weight is 314 g/mol. The maximum absolute atomic E-state index is 4.45. The van der Waals surface area contributed by atoms with Crippen LogP contribution in [0.3, 0.4) is 0 Å². The number of allylic oxidation sites excluding steroid dienone is 1. The fourth-order valence-corrected chi connectivity index (χ4v) is 3.19. The predicted molar refractivity (Wildman–Crippen MR) is 84.5 cm³/mol. The third-order valence-electron chi connectivity index (χ3n) is 2.60. The van der Waals surface area contributed by atoms with Gasteiger partial charge in [0.25, 0.3) is 0 Å². The molecule has 0 bridgehead atoms. The standard InChI is InChI=1S/C17H17NSe/c1-15(19-17-10-6-3-7-11-17)14-18-13-12-16-8-4-2-5-9-16/h2-11,14H,1,12-13H2. The van der Waals surface area contributed by atoms with E-state index in [1.165, 1.54) is 10.0 Å². The maximum atomic E-state index is 4.45. The van der Waals surface area contributed by atoms with Gasteiger partial charge in [-0.3, -0.25) is 0 Å². The Labute approximate surface area is 121 Å². The van der Waals surface area contributed by atoms with E-state index >= 15 is 0 Å². The molecule has 0 aliphatic rings. The summed E-state index contributed by atoms with van der Waals surface area (Å²) in [6.07, 6.45) is 2.92. The molecule has 0 radical (unpaired) electrons. The van der Waals surface area contributed by atoms with Crippen LogP contribution in [0, 0.1) is 0 Å². The Balaban J connectivity index is 1.75. The molecular formula is C17H17NSe. The van der Waals surface area contributed by atoms with Crippen molar-refractivity contribution in [2.75, 3.05) is 6.54 Å². The summed E-state index contributed by atoms with van der Waals surface area (Å²) in [7, 11) is 0. The first-order chi connectivity index (χ1) is 9.34. The van der Waals surface area contributed by atoms with Crippen LogP contribution in [-0.4, -0.2) is 27.7 Å². The van der Waals surface area contributed by atoms with Crippen molar-refractivity contribution in [3.8, 4) is 0 Å². The van der Waals surface area contributed by atoms with E-state index in [1.54, 1.807) is 0 Å². The van der Waals surface area contributed by atoms with Crippen LogP contribution >= 0.6 is 0 Å². The van der Waals surface area contributed by atoms with Gasteiger partial charge in [0.1, 0.15) is 0 Å². The first kappa shape index (κ1) is 13.8. The second-order valence-electron chi connectivity index (χ2n) is 4.15. The van der Waals surface area contributed by atoms with Crippen molar-refractivity contribution in [1.82, 2.24) is 0 Å². The first-order valence-corrected chi connectivity index (χ1v) is 8.01. The van der Waals surface area contributed by atoms with Gasteiger partial charge in [-0.1, -0.05) is 0 Å².